The number of amides is 1. The Morgan fingerprint density at radius 2 is 1.66 bits per heavy atom. The summed E-state index contributed by atoms with van der Waals surface area (Å²) in [4.78, 5) is 14.8. The maximum absolute atomic E-state index is 12.7. The van der Waals surface area contributed by atoms with Gasteiger partial charge in [-0.3, -0.25) is 4.79 Å². The van der Waals surface area contributed by atoms with Crippen LogP contribution >= 0.6 is 0 Å². The molecule has 0 N–H and O–H groups in total. The average molecular weight is 415 g/mol. The molecule has 0 aromatic heterocycles. The van der Waals surface area contributed by atoms with Crippen molar-refractivity contribution in [1.82, 2.24) is 4.31 Å². The molecule has 29 heavy (non-hydrogen) atoms. The number of benzene rings is 2. The number of anilines is 1. The lowest BCUT2D eigenvalue weighted by atomic mass is 10.1. The number of sulfonamides is 1. The summed E-state index contributed by atoms with van der Waals surface area (Å²) in [7, 11) is -3.42. The Labute approximate surface area is 172 Å². The van der Waals surface area contributed by atoms with Crippen molar-refractivity contribution in [2.45, 2.75) is 37.0 Å². The summed E-state index contributed by atoms with van der Waals surface area (Å²) in [6, 6.07) is 14.5. The standard InChI is InChI=1S/C22H26N2O4S/c25-22(24-16-17-28-21-7-3-2-6-20(21)24)13-10-18-8-11-19(12-9-18)29(26,27)23-14-4-1-5-15-23/h2-3,6-9,11-12H,1,4-5,10,13-17H2. The maximum Gasteiger partial charge on any atom is 0.243 e. The summed E-state index contributed by atoms with van der Waals surface area (Å²) in [5.41, 5.74) is 1.77. The lowest BCUT2D eigenvalue weighted by molar-refractivity contribution is -0.118. The third kappa shape index (κ3) is 4.31. The minimum absolute atomic E-state index is 0.0470. The number of fused-ring (bicyclic) bond motifs is 1. The number of rotatable bonds is 5. The van der Waals surface area contributed by atoms with E-state index in [1.165, 1.54) is 0 Å². The molecule has 154 valence electrons. The highest BCUT2D eigenvalue weighted by molar-refractivity contribution is 7.89. The normalized spacial score (nSPS) is 17.4. The number of nitrogens with zero attached hydrogens (tertiary/aromatic N) is 2. The summed E-state index contributed by atoms with van der Waals surface area (Å²) < 4.78 is 32.7. The summed E-state index contributed by atoms with van der Waals surface area (Å²) in [6.45, 7) is 2.23. The van der Waals surface area contributed by atoms with Gasteiger partial charge in [0.25, 0.3) is 0 Å². The largest absolute Gasteiger partial charge is 0.490 e. The Hall–Kier alpha value is -2.38. The second-order valence-corrected chi connectivity index (χ2v) is 9.41. The zero-order chi connectivity index (χ0) is 20.3. The van der Waals surface area contributed by atoms with Crippen molar-refractivity contribution in [3.05, 3.63) is 54.1 Å². The Morgan fingerprint density at radius 3 is 2.41 bits per heavy atom. The summed E-state index contributed by atoms with van der Waals surface area (Å²) in [5, 5.41) is 0. The number of carbonyl (C=O) groups is 1. The first-order valence-corrected chi connectivity index (χ1v) is 11.6. The van der Waals surface area contributed by atoms with Crippen molar-refractivity contribution >= 4 is 21.6 Å². The molecule has 1 amide bonds. The first kappa shape index (κ1) is 19.9. The molecule has 4 rings (SSSR count). The van der Waals surface area contributed by atoms with Gasteiger partial charge in [-0.1, -0.05) is 30.7 Å². The maximum atomic E-state index is 12.7. The van der Waals surface area contributed by atoms with E-state index in [1.54, 1.807) is 21.3 Å². The van der Waals surface area contributed by atoms with Gasteiger partial charge < -0.3 is 9.64 Å². The molecular weight excluding hydrogens is 388 g/mol. The molecule has 0 radical (unpaired) electrons. The molecule has 2 aliphatic heterocycles. The van der Waals surface area contributed by atoms with Crippen LogP contribution in [0.1, 0.15) is 31.2 Å². The van der Waals surface area contributed by atoms with Gasteiger partial charge in [0.1, 0.15) is 12.4 Å². The second kappa shape index (κ2) is 8.55. The van der Waals surface area contributed by atoms with Crippen LogP contribution in [0.2, 0.25) is 0 Å². The van der Waals surface area contributed by atoms with Crippen LogP contribution in [-0.4, -0.2) is 44.9 Å². The molecule has 0 bridgehead atoms. The van der Waals surface area contributed by atoms with Crippen LogP contribution in [0.5, 0.6) is 5.75 Å². The zero-order valence-electron chi connectivity index (χ0n) is 16.4. The molecule has 1 saturated heterocycles. The molecular formula is C22H26N2O4S. The van der Waals surface area contributed by atoms with Gasteiger partial charge in [0.15, 0.2) is 0 Å². The van der Waals surface area contributed by atoms with E-state index >= 15 is 0 Å². The molecule has 6 nitrogen and oxygen atoms in total. The monoisotopic (exact) mass is 414 g/mol. The van der Waals surface area contributed by atoms with Gasteiger partial charge >= 0.3 is 0 Å². The number of hydrogen-bond donors (Lipinski definition) is 0. The fourth-order valence-corrected chi connectivity index (χ4v) is 5.41. The van der Waals surface area contributed by atoms with Crippen molar-refractivity contribution < 1.29 is 17.9 Å². The molecule has 1 fully saturated rings. The first-order valence-electron chi connectivity index (χ1n) is 10.2. The van der Waals surface area contributed by atoms with Crippen LogP contribution in [0.3, 0.4) is 0 Å². The van der Waals surface area contributed by atoms with Crippen LogP contribution in [0, 0.1) is 0 Å². The van der Waals surface area contributed by atoms with Gasteiger partial charge in [-0.05, 0) is 49.1 Å². The molecule has 0 atom stereocenters. The zero-order valence-corrected chi connectivity index (χ0v) is 17.2. The first-order chi connectivity index (χ1) is 14.1. The molecule has 0 aliphatic carbocycles. The van der Waals surface area contributed by atoms with Gasteiger partial charge in [0.2, 0.25) is 15.9 Å². The molecule has 2 aromatic rings. The van der Waals surface area contributed by atoms with E-state index in [2.05, 4.69) is 0 Å². The van der Waals surface area contributed by atoms with Crippen LogP contribution in [0.15, 0.2) is 53.4 Å². The molecule has 2 aromatic carbocycles. The summed E-state index contributed by atoms with van der Waals surface area (Å²) in [5.74, 6) is 0.783. The van der Waals surface area contributed by atoms with Gasteiger partial charge in [0.05, 0.1) is 17.1 Å². The highest BCUT2D eigenvalue weighted by Crippen LogP contribution is 2.31. The van der Waals surface area contributed by atoms with Gasteiger partial charge in [-0.15, -0.1) is 0 Å². The lowest BCUT2D eigenvalue weighted by Gasteiger charge is -2.29. The third-order valence-corrected chi connectivity index (χ3v) is 7.45. The number of carbonyl (C=O) groups excluding carboxylic acids is 1. The minimum Gasteiger partial charge on any atom is -0.490 e. The SMILES string of the molecule is O=C(CCc1ccc(S(=O)(=O)N2CCCCC2)cc1)N1CCOc2ccccc21. The van der Waals surface area contributed by atoms with E-state index in [-0.39, 0.29) is 5.91 Å². The van der Waals surface area contributed by atoms with E-state index in [0.29, 0.717) is 44.0 Å². The Morgan fingerprint density at radius 1 is 0.931 bits per heavy atom. The van der Waals surface area contributed by atoms with E-state index in [1.807, 2.05) is 36.4 Å². The molecule has 2 aliphatic rings. The Bertz CT molecular complexity index is 967. The van der Waals surface area contributed by atoms with Gasteiger partial charge in [-0.2, -0.15) is 4.31 Å². The molecule has 2 heterocycles. The van der Waals surface area contributed by atoms with E-state index < -0.39 is 10.0 Å². The predicted octanol–water partition coefficient (Wildman–Crippen LogP) is 3.22. The number of piperidine rings is 1. The number of aryl methyl sites for hydroxylation is 1. The third-order valence-electron chi connectivity index (χ3n) is 5.53. The van der Waals surface area contributed by atoms with Crippen molar-refractivity contribution in [2.75, 3.05) is 31.1 Å². The lowest BCUT2D eigenvalue weighted by Crippen LogP contribution is -2.38. The summed E-state index contributed by atoms with van der Waals surface area (Å²) >= 11 is 0. The van der Waals surface area contributed by atoms with Gasteiger partial charge in [0, 0.05) is 19.5 Å². The molecule has 0 unspecified atom stereocenters. The molecule has 0 saturated carbocycles. The van der Waals surface area contributed by atoms with Crippen molar-refractivity contribution in [1.29, 1.82) is 0 Å². The van der Waals surface area contributed by atoms with Crippen LogP contribution in [0.4, 0.5) is 5.69 Å². The van der Waals surface area contributed by atoms with Crippen molar-refractivity contribution in [3.8, 4) is 5.75 Å². The topological polar surface area (TPSA) is 66.9 Å². The predicted molar refractivity (Wildman–Crippen MR) is 112 cm³/mol. The smallest absolute Gasteiger partial charge is 0.243 e. The van der Waals surface area contributed by atoms with E-state index in [9.17, 15) is 13.2 Å². The van der Waals surface area contributed by atoms with Crippen molar-refractivity contribution in [2.24, 2.45) is 0 Å². The van der Waals surface area contributed by atoms with Crippen LogP contribution in [-0.2, 0) is 21.2 Å². The minimum atomic E-state index is -3.42. The Kier molecular flexibility index (Phi) is 5.87. The molecule has 7 heteroatoms. The highest BCUT2D eigenvalue weighted by atomic mass is 32.2. The number of ether oxygens (including phenoxy) is 1. The number of hydrogen-bond acceptors (Lipinski definition) is 4. The van der Waals surface area contributed by atoms with E-state index in [0.717, 1.165) is 36.3 Å². The fourth-order valence-electron chi connectivity index (χ4n) is 3.90. The van der Waals surface area contributed by atoms with Gasteiger partial charge in [-0.25, -0.2) is 8.42 Å². The quantitative estimate of drug-likeness (QED) is 0.753. The molecule has 0 spiro atoms. The summed E-state index contributed by atoms with van der Waals surface area (Å²) in [6.07, 6.45) is 3.87. The number of para-hydroxylation sites is 2. The van der Waals surface area contributed by atoms with Crippen molar-refractivity contribution in [3.63, 3.8) is 0 Å². The van der Waals surface area contributed by atoms with Crippen LogP contribution < -0.4 is 9.64 Å². The van der Waals surface area contributed by atoms with Crippen LogP contribution in [0.25, 0.3) is 0 Å². The Balaban J connectivity index is 1.39. The highest BCUT2D eigenvalue weighted by Gasteiger charge is 2.26. The fraction of sp³-hybridized carbons (Fsp3) is 0.409. The average Bonchev–Trinajstić information content (AvgIpc) is 2.78. The van der Waals surface area contributed by atoms with E-state index in [4.69, 9.17) is 4.74 Å². The second-order valence-electron chi connectivity index (χ2n) is 7.47.